The summed E-state index contributed by atoms with van der Waals surface area (Å²) in [6.07, 6.45) is 48.7. The van der Waals surface area contributed by atoms with Crippen LogP contribution in [0.5, 0.6) is 0 Å². The van der Waals surface area contributed by atoms with Crippen LogP contribution in [0.2, 0.25) is 0 Å². The van der Waals surface area contributed by atoms with Gasteiger partial charge in [0.05, 0.1) is 26.4 Å². The van der Waals surface area contributed by atoms with E-state index in [4.69, 9.17) is 37.0 Å². The molecule has 0 radical (unpaired) electrons. The third-order valence-corrected chi connectivity index (χ3v) is 19.6. The Kier molecular flexibility index (Phi) is 63.1. The predicted molar refractivity (Wildman–Crippen MR) is 381 cm³/mol. The Labute approximate surface area is 575 Å². The number of aliphatic hydroxyl groups is 1. The largest absolute Gasteiger partial charge is 0.472 e. The van der Waals surface area contributed by atoms with Crippen molar-refractivity contribution in [2.75, 3.05) is 39.6 Å². The lowest BCUT2D eigenvalue weighted by molar-refractivity contribution is -0.161. The van der Waals surface area contributed by atoms with Crippen molar-refractivity contribution >= 4 is 39.5 Å². The second kappa shape index (κ2) is 64.4. The van der Waals surface area contributed by atoms with Crippen molar-refractivity contribution in [3.8, 4) is 0 Å². The molecule has 0 fully saturated rings. The summed E-state index contributed by atoms with van der Waals surface area (Å²) in [5.41, 5.74) is 0. The average Bonchev–Trinajstić information content (AvgIpc) is 1.07. The van der Waals surface area contributed by atoms with Crippen LogP contribution in [0, 0.1) is 23.7 Å². The highest BCUT2D eigenvalue weighted by Crippen LogP contribution is 2.45. The first-order valence-corrected chi connectivity index (χ1v) is 41.7. The van der Waals surface area contributed by atoms with E-state index in [1.54, 1.807) is 0 Å². The van der Waals surface area contributed by atoms with Crippen LogP contribution >= 0.6 is 15.6 Å². The zero-order valence-corrected chi connectivity index (χ0v) is 63.4. The summed E-state index contributed by atoms with van der Waals surface area (Å²) in [5, 5.41) is 10.6. The maximum atomic E-state index is 13.1. The Hall–Kier alpha value is -1.94. The number of rotatable bonds is 72. The minimum absolute atomic E-state index is 0.104. The van der Waals surface area contributed by atoms with E-state index in [1.807, 2.05) is 0 Å². The molecule has 0 saturated carbocycles. The van der Waals surface area contributed by atoms with Crippen molar-refractivity contribution in [2.45, 2.75) is 395 Å². The molecule has 94 heavy (non-hydrogen) atoms. The van der Waals surface area contributed by atoms with Crippen LogP contribution in [-0.2, 0) is 65.4 Å². The van der Waals surface area contributed by atoms with Crippen LogP contribution in [0.3, 0.4) is 0 Å². The predicted octanol–water partition coefficient (Wildman–Crippen LogP) is 21.7. The Morgan fingerprint density at radius 2 is 0.511 bits per heavy atom. The highest BCUT2D eigenvalue weighted by molar-refractivity contribution is 7.47. The van der Waals surface area contributed by atoms with Crippen LogP contribution in [0.1, 0.15) is 376 Å². The summed E-state index contributed by atoms with van der Waals surface area (Å²) in [7, 11) is -9.91. The fourth-order valence-corrected chi connectivity index (χ4v) is 12.9. The van der Waals surface area contributed by atoms with Crippen molar-refractivity contribution in [2.24, 2.45) is 23.7 Å². The number of unbranched alkanes of at least 4 members (excludes halogenated alkanes) is 37. The number of ether oxygens (including phenoxy) is 4. The molecular formula is C75H146O17P2. The van der Waals surface area contributed by atoms with Gasteiger partial charge in [-0.2, -0.15) is 0 Å². The number of carbonyl (C=O) groups is 4. The Bertz CT molecular complexity index is 1850. The van der Waals surface area contributed by atoms with E-state index < -0.39 is 97.5 Å². The highest BCUT2D eigenvalue weighted by atomic mass is 31.2. The minimum Gasteiger partial charge on any atom is -0.462 e. The molecular weight excluding hydrogens is 1230 g/mol. The van der Waals surface area contributed by atoms with Gasteiger partial charge >= 0.3 is 39.5 Å². The lowest BCUT2D eigenvalue weighted by Crippen LogP contribution is -2.30. The number of hydrogen-bond donors (Lipinski definition) is 3. The van der Waals surface area contributed by atoms with Crippen molar-refractivity contribution < 1.29 is 80.2 Å². The van der Waals surface area contributed by atoms with Gasteiger partial charge in [-0.25, -0.2) is 9.13 Å². The molecule has 0 aromatic heterocycles. The monoisotopic (exact) mass is 1380 g/mol. The molecule has 0 aromatic rings. The second-order valence-electron chi connectivity index (χ2n) is 28.7. The third kappa shape index (κ3) is 67.3. The molecule has 0 heterocycles. The molecule has 0 spiro atoms. The zero-order valence-electron chi connectivity index (χ0n) is 61.6. The van der Waals surface area contributed by atoms with Gasteiger partial charge in [-0.05, 0) is 49.4 Å². The molecule has 3 N–H and O–H groups in total. The summed E-state index contributed by atoms with van der Waals surface area (Å²) in [5.74, 6) is 0.902. The molecule has 0 aliphatic heterocycles. The van der Waals surface area contributed by atoms with Gasteiger partial charge in [0.1, 0.15) is 19.3 Å². The first kappa shape index (κ1) is 92.1. The summed E-state index contributed by atoms with van der Waals surface area (Å²) < 4.78 is 68.4. The number of phosphoric acid groups is 2. The van der Waals surface area contributed by atoms with E-state index >= 15 is 0 Å². The van der Waals surface area contributed by atoms with E-state index in [-0.39, 0.29) is 25.7 Å². The van der Waals surface area contributed by atoms with E-state index in [0.29, 0.717) is 25.7 Å². The first-order valence-electron chi connectivity index (χ1n) is 38.7. The molecule has 0 aliphatic carbocycles. The molecule has 558 valence electrons. The van der Waals surface area contributed by atoms with Crippen LogP contribution in [0.25, 0.3) is 0 Å². The molecule has 6 atom stereocenters. The SMILES string of the molecule is CCC(C)CCCCCCCCC(=O)OC[C@H](COP(=O)(O)OC[C@H](O)COP(=O)(O)OC[C@@H](COC(=O)CCCCCCCCCCCCCCCCCCC(C)C)OC(=O)CCCCCCCCCCC(C)C)OC(=O)CCCCCCCCCCCCCC(C)C. The summed E-state index contributed by atoms with van der Waals surface area (Å²) in [4.78, 5) is 72.7. The summed E-state index contributed by atoms with van der Waals surface area (Å²) >= 11 is 0. The van der Waals surface area contributed by atoms with Crippen molar-refractivity contribution in [1.82, 2.24) is 0 Å². The first-order chi connectivity index (χ1) is 45.1. The van der Waals surface area contributed by atoms with Gasteiger partial charge in [0, 0.05) is 25.7 Å². The Morgan fingerprint density at radius 1 is 0.298 bits per heavy atom. The number of aliphatic hydroxyl groups excluding tert-OH is 1. The molecule has 0 rings (SSSR count). The number of carbonyl (C=O) groups excluding carboxylic acids is 4. The smallest absolute Gasteiger partial charge is 0.462 e. The molecule has 0 saturated heterocycles. The molecule has 0 aromatic carbocycles. The summed E-state index contributed by atoms with van der Waals surface area (Å²) in [6.45, 7) is 14.1. The maximum Gasteiger partial charge on any atom is 0.472 e. The minimum atomic E-state index is -4.96. The Morgan fingerprint density at radius 3 is 0.755 bits per heavy atom. The van der Waals surface area contributed by atoms with Crippen LogP contribution < -0.4 is 0 Å². The topological polar surface area (TPSA) is 237 Å². The quantitative estimate of drug-likeness (QED) is 0.0222. The zero-order chi connectivity index (χ0) is 69.6. The van der Waals surface area contributed by atoms with Gasteiger partial charge in [0.15, 0.2) is 12.2 Å². The van der Waals surface area contributed by atoms with Gasteiger partial charge in [-0.15, -0.1) is 0 Å². The molecule has 19 heteroatoms. The van der Waals surface area contributed by atoms with E-state index in [0.717, 1.165) is 120 Å². The fourth-order valence-electron chi connectivity index (χ4n) is 11.3. The Balaban J connectivity index is 5.20. The highest BCUT2D eigenvalue weighted by Gasteiger charge is 2.30. The van der Waals surface area contributed by atoms with Crippen LogP contribution in [0.4, 0.5) is 0 Å². The molecule has 0 bridgehead atoms. The van der Waals surface area contributed by atoms with E-state index in [2.05, 4.69) is 55.4 Å². The molecule has 17 nitrogen and oxygen atoms in total. The van der Waals surface area contributed by atoms with Crippen molar-refractivity contribution in [3.63, 3.8) is 0 Å². The van der Waals surface area contributed by atoms with Gasteiger partial charge in [-0.1, -0.05) is 325 Å². The normalized spacial score (nSPS) is 14.4. The number of phosphoric ester groups is 2. The van der Waals surface area contributed by atoms with Crippen LogP contribution in [-0.4, -0.2) is 96.7 Å². The third-order valence-electron chi connectivity index (χ3n) is 17.7. The fraction of sp³-hybridized carbons (Fsp3) is 0.947. The van der Waals surface area contributed by atoms with E-state index in [9.17, 15) is 43.2 Å². The maximum absolute atomic E-state index is 13.1. The average molecular weight is 1380 g/mol. The molecule has 0 amide bonds. The summed E-state index contributed by atoms with van der Waals surface area (Å²) in [6, 6.07) is 0. The van der Waals surface area contributed by atoms with Crippen LogP contribution in [0.15, 0.2) is 0 Å². The standard InChI is InChI=1S/C75H146O17P2/c1-9-68(8)54-46-38-33-34-40-48-56-73(78)86-62-71(91-74(79)57-49-41-31-24-20-16-18-22-28-36-44-52-66(4)5)64-90-94(83,84)88-60-69(76)59-87-93(81,82)89-63-70(92-75(80)58-50-42-32-26-25-29-37-45-53-67(6)7)61-85-72(77)55-47-39-30-23-19-15-13-11-10-12-14-17-21-27-35-43-51-65(2)3/h65-71,76H,9-64H2,1-8H3,(H,81,82)(H,83,84)/t68?,69-,70-,71-/m1/s1. The second-order valence-corrected chi connectivity index (χ2v) is 31.6. The van der Waals surface area contributed by atoms with E-state index in [1.165, 1.54) is 173 Å². The van der Waals surface area contributed by atoms with Crippen molar-refractivity contribution in [3.05, 3.63) is 0 Å². The molecule has 3 unspecified atom stereocenters. The number of hydrogen-bond acceptors (Lipinski definition) is 15. The van der Waals surface area contributed by atoms with Gasteiger partial charge in [0.25, 0.3) is 0 Å². The van der Waals surface area contributed by atoms with Gasteiger partial charge < -0.3 is 33.8 Å². The van der Waals surface area contributed by atoms with Crippen molar-refractivity contribution in [1.29, 1.82) is 0 Å². The number of esters is 4. The molecule has 0 aliphatic rings. The lowest BCUT2D eigenvalue weighted by Gasteiger charge is -2.21. The van der Waals surface area contributed by atoms with Gasteiger partial charge in [0.2, 0.25) is 0 Å². The van der Waals surface area contributed by atoms with Gasteiger partial charge in [-0.3, -0.25) is 37.3 Å². The lowest BCUT2D eigenvalue weighted by atomic mass is 10.00.